The van der Waals surface area contributed by atoms with E-state index >= 15 is 0 Å². The van der Waals surface area contributed by atoms with Crippen LogP contribution in [0.4, 0.5) is 0 Å². The quantitative estimate of drug-likeness (QED) is 0.912. The molecule has 1 aliphatic heterocycles. The van der Waals surface area contributed by atoms with Gasteiger partial charge in [-0.15, -0.1) is 0 Å². The third-order valence-electron chi connectivity index (χ3n) is 4.29. The fraction of sp³-hybridized carbons (Fsp3) is 0.529. The second-order valence-electron chi connectivity index (χ2n) is 5.87. The van der Waals surface area contributed by atoms with Crippen LogP contribution in [0.25, 0.3) is 0 Å². The van der Waals surface area contributed by atoms with Crippen LogP contribution in [0.1, 0.15) is 47.9 Å². The van der Waals surface area contributed by atoms with Gasteiger partial charge >= 0.3 is 0 Å². The van der Waals surface area contributed by atoms with E-state index in [1.54, 1.807) is 29.2 Å². The average molecular weight is 336 g/mol. The van der Waals surface area contributed by atoms with E-state index in [1.807, 2.05) is 20.8 Å². The van der Waals surface area contributed by atoms with Gasteiger partial charge in [-0.25, -0.2) is 0 Å². The molecule has 1 heterocycles. The number of rotatable bonds is 4. The number of hydrogen-bond acceptors (Lipinski definition) is 3. The molecule has 0 aliphatic carbocycles. The SMILES string of the molecule is CCCNC(=O)c1cccc(C(=O)N2CC[S@](=O)[C@H](C)[C@H]2C)c1. The minimum absolute atomic E-state index is 0.0382. The summed E-state index contributed by atoms with van der Waals surface area (Å²) in [7, 11) is -0.882. The molecule has 6 heteroatoms. The molecule has 1 aromatic carbocycles. The highest BCUT2D eigenvalue weighted by molar-refractivity contribution is 7.85. The summed E-state index contributed by atoms with van der Waals surface area (Å²) in [6.45, 7) is 6.93. The highest BCUT2D eigenvalue weighted by atomic mass is 32.2. The molecule has 0 saturated carbocycles. The second-order valence-corrected chi connectivity index (χ2v) is 7.78. The molecule has 3 atom stereocenters. The molecule has 1 aliphatic rings. The van der Waals surface area contributed by atoms with E-state index in [0.717, 1.165) is 6.42 Å². The lowest BCUT2D eigenvalue weighted by Gasteiger charge is -2.37. The maximum atomic E-state index is 12.7. The molecule has 2 rings (SSSR count). The fourth-order valence-electron chi connectivity index (χ4n) is 2.64. The minimum Gasteiger partial charge on any atom is -0.352 e. The van der Waals surface area contributed by atoms with Crippen molar-refractivity contribution in [1.29, 1.82) is 0 Å². The maximum absolute atomic E-state index is 12.7. The molecular formula is C17H24N2O3S. The number of hydrogen-bond donors (Lipinski definition) is 1. The predicted molar refractivity (Wildman–Crippen MR) is 92.0 cm³/mol. The van der Waals surface area contributed by atoms with E-state index in [9.17, 15) is 13.8 Å². The van der Waals surface area contributed by atoms with Gasteiger partial charge in [0.15, 0.2) is 0 Å². The zero-order chi connectivity index (χ0) is 17.0. The monoisotopic (exact) mass is 336 g/mol. The number of amides is 2. The van der Waals surface area contributed by atoms with Gasteiger partial charge in [0, 0.05) is 46.8 Å². The predicted octanol–water partition coefficient (Wildman–Crippen LogP) is 1.81. The molecule has 0 bridgehead atoms. The Kier molecular flexibility index (Phi) is 5.93. The van der Waals surface area contributed by atoms with Crippen LogP contribution in [-0.4, -0.2) is 51.1 Å². The Balaban J connectivity index is 2.16. The minimum atomic E-state index is -0.882. The van der Waals surface area contributed by atoms with Crippen molar-refractivity contribution >= 4 is 22.6 Å². The van der Waals surface area contributed by atoms with Gasteiger partial charge in [-0.3, -0.25) is 13.8 Å². The van der Waals surface area contributed by atoms with Gasteiger partial charge in [0.05, 0.1) is 5.25 Å². The highest BCUT2D eigenvalue weighted by Crippen LogP contribution is 2.19. The Morgan fingerprint density at radius 3 is 2.70 bits per heavy atom. The molecule has 1 saturated heterocycles. The zero-order valence-electron chi connectivity index (χ0n) is 13.9. The molecule has 23 heavy (non-hydrogen) atoms. The lowest BCUT2D eigenvalue weighted by atomic mass is 10.1. The Morgan fingerprint density at radius 2 is 2.00 bits per heavy atom. The van der Waals surface area contributed by atoms with E-state index < -0.39 is 10.8 Å². The zero-order valence-corrected chi connectivity index (χ0v) is 14.7. The summed E-state index contributed by atoms with van der Waals surface area (Å²) >= 11 is 0. The van der Waals surface area contributed by atoms with Crippen LogP contribution in [0.3, 0.4) is 0 Å². The first-order valence-electron chi connectivity index (χ1n) is 8.02. The van der Waals surface area contributed by atoms with Crippen LogP contribution in [-0.2, 0) is 10.8 Å². The second kappa shape index (κ2) is 7.73. The van der Waals surface area contributed by atoms with Crippen LogP contribution < -0.4 is 5.32 Å². The van der Waals surface area contributed by atoms with Crippen molar-refractivity contribution in [2.24, 2.45) is 0 Å². The van der Waals surface area contributed by atoms with E-state index in [4.69, 9.17) is 0 Å². The molecule has 2 amide bonds. The first-order chi connectivity index (χ1) is 11.0. The van der Waals surface area contributed by atoms with Crippen LogP contribution in [0.5, 0.6) is 0 Å². The molecule has 0 radical (unpaired) electrons. The number of benzene rings is 1. The Labute approximate surface area is 139 Å². The molecule has 0 spiro atoms. The standard InChI is InChI=1S/C17H24N2O3S/c1-4-8-18-16(20)14-6-5-7-15(11-14)17(21)19-9-10-23(22)13(3)12(19)2/h5-7,11-13H,4,8-10H2,1-3H3,(H,18,20)/t12-,13-,23+/m1/s1. The normalized spacial score (nSPS) is 24.3. The van der Waals surface area contributed by atoms with E-state index in [-0.39, 0.29) is 23.1 Å². The Bertz CT molecular complexity index is 618. The molecule has 5 nitrogen and oxygen atoms in total. The first kappa shape index (κ1) is 17.7. The van der Waals surface area contributed by atoms with Gasteiger partial charge in [0.1, 0.15) is 0 Å². The number of carbonyl (C=O) groups is 2. The summed E-state index contributed by atoms with van der Waals surface area (Å²) in [5.74, 6) is 0.238. The summed E-state index contributed by atoms with van der Waals surface area (Å²) in [4.78, 5) is 26.5. The highest BCUT2D eigenvalue weighted by Gasteiger charge is 2.33. The molecular weight excluding hydrogens is 312 g/mol. The summed E-state index contributed by atoms with van der Waals surface area (Å²) in [6.07, 6.45) is 0.866. The van der Waals surface area contributed by atoms with Gasteiger partial charge in [-0.1, -0.05) is 13.0 Å². The van der Waals surface area contributed by atoms with Gasteiger partial charge < -0.3 is 10.2 Å². The summed E-state index contributed by atoms with van der Waals surface area (Å²) < 4.78 is 11.9. The van der Waals surface area contributed by atoms with E-state index in [0.29, 0.717) is 30.0 Å². The van der Waals surface area contributed by atoms with Crippen molar-refractivity contribution in [3.05, 3.63) is 35.4 Å². The lowest BCUT2D eigenvalue weighted by Crippen LogP contribution is -2.52. The van der Waals surface area contributed by atoms with Crippen LogP contribution >= 0.6 is 0 Å². The first-order valence-corrected chi connectivity index (χ1v) is 9.40. The Morgan fingerprint density at radius 1 is 1.30 bits per heavy atom. The summed E-state index contributed by atoms with van der Waals surface area (Å²) in [5.41, 5.74) is 0.992. The fourth-order valence-corrected chi connectivity index (χ4v) is 3.97. The summed E-state index contributed by atoms with van der Waals surface area (Å²) in [6, 6.07) is 6.72. The molecule has 1 fully saturated rings. The van der Waals surface area contributed by atoms with Crippen LogP contribution in [0, 0.1) is 0 Å². The maximum Gasteiger partial charge on any atom is 0.254 e. The topological polar surface area (TPSA) is 66.5 Å². The van der Waals surface area contributed by atoms with Crippen molar-refractivity contribution in [2.75, 3.05) is 18.8 Å². The van der Waals surface area contributed by atoms with Crippen molar-refractivity contribution in [1.82, 2.24) is 10.2 Å². The number of nitrogens with one attached hydrogen (secondary N) is 1. The summed E-state index contributed by atoms with van der Waals surface area (Å²) in [5, 5.41) is 2.77. The van der Waals surface area contributed by atoms with Gasteiger partial charge in [0.25, 0.3) is 11.8 Å². The lowest BCUT2D eigenvalue weighted by molar-refractivity contribution is 0.0695. The molecule has 1 aromatic rings. The number of carbonyl (C=O) groups excluding carboxylic acids is 2. The molecule has 0 aromatic heterocycles. The molecule has 0 unspecified atom stereocenters. The van der Waals surface area contributed by atoms with Crippen molar-refractivity contribution < 1.29 is 13.8 Å². The van der Waals surface area contributed by atoms with Crippen molar-refractivity contribution in [3.8, 4) is 0 Å². The molecule has 126 valence electrons. The third-order valence-corrected chi connectivity index (χ3v) is 6.10. The van der Waals surface area contributed by atoms with Gasteiger partial charge in [-0.2, -0.15) is 0 Å². The smallest absolute Gasteiger partial charge is 0.254 e. The Hall–Kier alpha value is -1.69. The largest absolute Gasteiger partial charge is 0.352 e. The van der Waals surface area contributed by atoms with Crippen LogP contribution in [0.2, 0.25) is 0 Å². The van der Waals surface area contributed by atoms with Crippen LogP contribution in [0.15, 0.2) is 24.3 Å². The number of nitrogens with zero attached hydrogens (tertiary/aromatic N) is 1. The van der Waals surface area contributed by atoms with Gasteiger partial charge in [-0.05, 0) is 38.5 Å². The third kappa shape index (κ3) is 3.99. The van der Waals surface area contributed by atoms with E-state index in [2.05, 4.69) is 5.32 Å². The van der Waals surface area contributed by atoms with Crippen molar-refractivity contribution in [3.63, 3.8) is 0 Å². The van der Waals surface area contributed by atoms with Crippen molar-refractivity contribution in [2.45, 2.75) is 38.5 Å². The average Bonchev–Trinajstić information content (AvgIpc) is 2.57. The molecule has 1 N–H and O–H groups in total. The van der Waals surface area contributed by atoms with E-state index in [1.165, 1.54) is 0 Å². The van der Waals surface area contributed by atoms with Gasteiger partial charge in [0.2, 0.25) is 0 Å².